The van der Waals surface area contributed by atoms with Crippen molar-refractivity contribution in [2.24, 2.45) is 0 Å². The first-order chi connectivity index (χ1) is 12.8. The Kier molecular flexibility index (Phi) is 6.67. The third kappa shape index (κ3) is 5.65. The Morgan fingerprint density at radius 2 is 2.00 bits per heavy atom. The van der Waals surface area contributed by atoms with Crippen LogP contribution >= 0.6 is 11.6 Å². The molecule has 0 fully saturated rings. The van der Waals surface area contributed by atoms with Gasteiger partial charge in [0.15, 0.2) is 12.7 Å². The van der Waals surface area contributed by atoms with Gasteiger partial charge in [-0.15, -0.1) is 0 Å². The summed E-state index contributed by atoms with van der Waals surface area (Å²) in [6.07, 6.45) is -1.21. The Hall–Kier alpha value is -3.20. The van der Waals surface area contributed by atoms with E-state index in [0.717, 1.165) is 18.2 Å². The highest BCUT2D eigenvalue weighted by Gasteiger charge is 2.20. The van der Waals surface area contributed by atoms with Gasteiger partial charge in [-0.2, -0.15) is 4.39 Å². The van der Waals surface area contributed by atoms with Crippen LogP contribution in [0.1, 0.15) is 6.92 Å². The largest absolute Gasteiger partial charge is 0.480 e. The van der Waals surface area contributed by atoms with Crippen molar-refractivity contribution >= 4 is 34.9 Å². The van der Waals surface area contributed by atoms with Crippen molar-refractivity contribution in [3.05, 3.63) is 63.4 Å². The Morgan fingerprint density at radius 1 is 1.30 bits per heavy atom. The van der Waals surface area contributed by atoms with E-state index >= 15 is 0 Å². The summed E-state index contributed by atoms with van der Waals surface area (Å²) in [5, 5.41) is 13.3. The van der Waals surface area contributed by atoms with Crippen LogP contribution in [0.2, 0.25) is 5.02 Å². The topological polar surface area (TPSA) is 108 Å². The lowest BCUT2D eigenvalue weighted by Gasteiger charge is -2.14. The quantitative estimate of drug-likeness (QED) is 0.437. The number of nitro benzene ring substituents is 1. The molecule has 1 N–H and O–H groups in total. The van der Waals surface area contributed by atoms with Crippen LogP contribution in [0.15, 0.2) is 42.5 Å². The van der Waals surface area contributed by atoms with E-state index in [1.807, 2.05) is 0 Å². The SMILES string of the molecule is C[C@@H](OC(=O)COc1ccccc1Cl)C(=O)Nc1ccc(F)c([N+](=O)[O-])c1. The van der Waals surface area contributed by atoms with E-state index in [9.17, 15) is 24.1 Å². The molecule has 27 heavy (non-hydrogen) atoms. The van der Waals surface area contributed by atoms with E-state index in [2.05, 4.69) is 5.32 Å². The number of nitrogens with zero attached hydrogens (tertiary/aromatic N) is 1. The van der Waals surface area contributed by atoms with Crippen molar-refractivity contribution in [2.45, 2.75) is 13.0 Å². The molecule has 0 spiro atoms. The maximum absolute atomic E-state index is 13.3. The van der Waals surface area contributed by atoms with Crippen LogP contribution in [0.25, 0.3) is 0 Å². The number of hydrogen-bond acceptors (Lipinski definition) is 6. The number of halogens is 2. The van der Waals surface area contributed by atoms with Crippen molar-refractivity contribution in [2.75, 3.05) is 11.9 Å². The van der Waals surface area contributed by atoms with Gasteiger partial charge in [-0.25, -0.2) is 4.79 Å². The Balaban J connectivity index is 1.90. The molecule has 0 saturated heterocycles. The van der Waals surface area contributed by atoms with Crippen molar-refractivity contribution < 1.29 is 28.4 Å². The molecule has 0 aromatic heterocycles. The lowest BCUT2D eigenvalue weighted by atomic mass is 10.2. The summed E-state index contributed by atoms with van der Waals surface area (Å²) < 4.78 is 23.4. The summed E-state index contributed by atoms with van der Waals surface area (Å²) in [7, 11) is 0. The van der Waals surface area contributed by atoms with Crippen LogP contribution in [0.4, 0.5) is 15.8 Å². The van der Waals surface area contributed by atoms with Gasteiger partial charge in [-0.05, 0) is 31.2 Å². The number of nitro groups is 1. The van der Waals surface area contributed by atoms with Gasteiger partial charge >= 0.3 is 11.7 Å². The van der Waals surface area contributed by atoms with E-state index in [0.29, 0.717) is 5.02 Å². The molecular formula is C17H14ClFN2O6. The maximum Gasteiger partial charge on any atom is 0.344 e. The van der Waals surface area contributed by atoms with Gasteiger partial charge in [0, 0.05) is 11.8 Å². The molecule has 1 atom stereocenters. The Labute approximate surface area is 158 Å². The minimum absolute atomic E-state index is 0.0108. The zero-order valence-electron chi connectivity index (χ0n) is 14.0. The second-order valence-electron chi connectivity index (χ2n) is 5.26. The normalized spacial score (nSPS) is 11.4. The molecular weight excluding hydrogens is 383 g/mol. The monoisotopic (exact) mass is 396 g/mol. The van der Waals surface area contributed by atoms with Crippen LogP contribution in [-0.4, -0.2) is 29.5 Å². The molecule has 10 heteroatoms. The number of ether oxygens (including phenoxy) is 2. The number of rotatable bonds is 7. The highest BCUT2D eigenvalue weighted by molar-refractivity contribution is 6.32. The van der Waals surface area contributed by atoms with Crippen LogP contribution < -0.4 is 10.1 Å². The van der Waals surface area contributed by atoms with E-state index in [4.69, 9.17) is 21.1 Å². The average Bonchev–Trinajstić information content (AvgIpc) is 2.62. The molecule has 2 aromatic rings. The number of esters is 1. The summed E-state index contributed by atoms with van der Waals surface area (Å²) in [6, 6.07) is 9.37. The zero-order valence-corrected chi connectivity index (χ0v) is 14.7. The van der Waals surface area contributed by atoms with E-state index < -0.39 is 41.0 Å². The van der Waals surface area contributed by atoms with Gasteiger partial charge in [0.05, 0.1) is 9.95 Å². The minimum atomic E-state index is -1.21. The molecule has 0 radical (unpaired) electrons. The van der Waals surface area contributed by atoms with Crippen LogP contribution in [0, 0.1) is 15.9 Å². The standard InChI is InChI=1S/C17H14ClFN2O6/c1-10(27-16(22)9-26-15-5-3-2-4-12(15)18)17(23)20-11-6-7-13(19)14(8-11)21(24)25/h2-8,10H,9H2,1H3,(H,20,23)/t10-/m1/s1. The third-order valence-electron chi connectivity index (χ3n) is 3.27. The van der Waals surface area contributed by atoms with Gasteiger partial charge < -0.3 is 14.8 Å². The van der Waals surface area contributed by atoms with Gasteiger partial charge in [-0.1, -0.05) is 23.7 Å². The molecule has 0 aliphatic rings. The molecule has 0 unspecified atom stereocenters. The van der Waals surface area contributed by atoms with Crippen molar-refractivity contribution in [3.63, 3.8) is 0 Å². The van der Waals surface area contributed by atoms with Gasteiger partial charge in [0.2, 0.25) is 5.82 Å². The first kappa shape index (κ1) is 20.1. The first-order valence-corrected chi connectivity index (χ1v) is 7.97. The van der Waals surface area contributed by atoms with E-state index in [1.165, 1.54) is 6.92 Å². The highest BCUT2D eigenvalue weighted by atomic mass is 35.5. The Morgan fingerprint density at radius 3 is 2.67 bits per heavy atom. The molecule has 0 bridgehead atoms. The van der Waals surface area contributed by atoms with Crippen molar-refractivity contribution in [1.82, 2.24) is 0 Å². The first-order valence-electron chi connectivity index (χ1n) is 7.59. The summed E-state index contributed by atoms with van der Waals surface area (Å²) in [5.74, 6) is -2.31. The molecule has 2 aromatic carbocycles. The smallest absolute Gasteiger partial charge is 0.344 e. The van der Waals surface area contributed by atoms with Crippen molar-refractivity contribution in [3.8, 4) is 5.75 Å². The fourth-order valence-electron chi connectivity index (χ4n) is 1.96. The molecule has 0 aliphatic heterocycles. The Bertz CT molecular complexity index is 876. The number of amides is 1. The summed E-state index contributed by atoms with van der Waals surface area (Å²) in [6.45, 7) is 0.837. The van der Waals surface area contributed by atoms with Gasteiger partial charge in [-0.3, -0.25) is 14.9 Å². The second-order valence-corrected chi connectivity index (χ2v) is 5.67. The lowest BCUT2D eigenvalue weighted by Crippen LogP contribution is -2.31. The molecule has 8 nitrogen and oxygen atoms in total. The lowest BCUT2D eigenvalue weighted by molar-refractivity contribution is -0.387. The van der Waals surface area contributed by atoms with E-state index in [-0.39, 0.29) is 11.4 Å². The predicted octanol–water partition coefficient (Wildman–Crippen LogP) is 3.34. The predicted molar refractivity (Wildman–Crippen MR) is 94.2 cm³/mol. The van der Waals surface area contributed by atoms with Crippen LogP contribution in [0.5, 0.6) is 5.75 Å². The van der Waals surface area contributed by atoms with Gasteiger partial charge in [0.1, 0.15) is 5.75 Å². The molecule has 2 rings (SSSR count). The highest BCUT2D eigenvalue weighted by Crippen LogP contribution is 2.23. The summed E-state index contributed by atoms with van der Waals surface area (Å²) >= 11 is 5.88. The fraction of sp³-hybridized carbons (Fsp3) is 0.176. The number of carbonyl (C=O) groups excluding carboxylic acids is 2. The summed E-state index contributed by atoms with van der Waals surface area (Å²) in [4.78, 5) is 33.6. The average molecular weight is 397 g/mol. The van der Waals surface area contributed by atoms with E-state index in [1.54, 1.807) is 24.3 Å². The second kappa shape index (κ2) is 8.95. The van der Waals surface area contributed by atoms with Crippen molar-refractivity contribution in [1.29, 1.82) is 0 Å². The molecule has 1 amide bonds. The number of carbonyl (C=O) groups is 2. The third-order valence-corrected chi connectivity index (χ3v) is 3.58. The van der Waals surface area contributed by atoms with Crippen LogP contribution in [0.3, 0.4) is 0 Å². The fourth-order valence-corrected chi connectivity index (χ4v) is 2.15. The number of benzene rings is 2. The number of anilines is 1. The number of hydrogen-bond donors (Lipinski definition) is 1. The molecule has 0 aliphatic carbocycles. The molecule has 0 heterocycles. The van der Waals surface area contributed by atoms with Gasteiger partial charge in [0.25, 0.3) is 5.91 Å². The zero-order chi connectivity index (χ0) is 20.0. The maximum atomic E-state index is 13.3. The number of nitrogens with one attached hydrogen (secondary N) is 1. The molecule has 142 valence electrons. The minimum Gasteiger partial charge on any atom is -0.480 e. The van der Waals surface area contributed by atoms with Crippen LogP contribution in [-0.2, 0) is 14.3 Å². The summed E-state index contributed by atoms with van der Waals surface area (Å²) in [5.41, 5.74) is -0.797. The molecule has 0 saturated carbocycles. The number of para-hydroxylation sites is 1.